The van der Waals surface area contributed by atoms with Gasteiger partial charge in [-0.15, -0.1) is 0 Å². The van der Waals surface area contributed by atoms with E-state index in [0.717, 1.165) is 50.0 Å². The van der Waals surface area contributed by atoms with E-state index in [2.05, 4.69) is 16.9 Å². The summed E-state index contributed by atoms with van der Waals surface area (Å²) in [6, 6.07) is 2.97. The first-order valence-corrected chi connectivity index (χ1v) is 10.3. The SMILES string of the molecule is CCCCOC(=O)N1CCC2(CC1)CN(N1CN=Cc3cc(C=O)c(F)cc31)C2. The molecule has 0 saturated carbocycles. The number of hydrogen-bond donors (Lipinski definition) is 0. The van der Waals surface area contributed by atoms with Gasteiger partial charge in [-0.2, -0.15) is 0 Å². The van der Waals surface area contributed by atoms with Gasteiger partial charge in [0.25, 0.3) is 0 Å². The van der Waals surface area contributed by atoms with Crippen LogP contribution in [0.25, 0.3) is 0 Å². The first-order chi connectivity index (χ1) is 14.0. The minimum Gasteiger partial charge on any atom is -0.449 e. The highest BCUT2D eigenvalue weighted by molar-refractivity contribution is 5.92. The lowest BCUT2D eigenvalue weighted by molar-refractivity contribution is -0.0512. The van der Waals surface area contributed by atoms with Crippen LogP contribution in [0, 0.1) is 11.2 Å². The van der Waals surface area contributed by atoms with E-state index < -0.39 is 5.82 Å². The summed E-state index contributed by atoms with van der Waals surface area (Å²) < 4.78 is 19.5. The smallest absolute Gasteiger partial charge is 0.409 e. The van der Waals surface area contributed by atoms with Crippen LogP contribution in [0.5, 0.6) is 0 Å². The highest BCUT2D eigenvalue weighted by atomic mass is 19.1. The second-order valence-corrected chi connectivity index (χ2v) is 8.18. The second-order valence-electron chi connectivity index (χ2n) is 8.18. The van der Waals surface area contributed by atoms with Gasteiger partial charge < -0.3 is 9.64 Å². The average molecular weight is 402 g/mol. The molecule has 3 aliphatic rings. The molecule has 3 aliphatic heterocycles. The van der Waals surface area contributed by atoms with E-state index in [1.54, 1.807) is 17.2 Å². The van der Waals surface area contributed by atoms with E-state index >= 15 is 0 Å². The summed E-state index contributed by atoms with van der Waals surface area (Å²) in [5, 5.41) is 4.17. The maximum absolute atomic E-state index is 14.1. The van der Waals surface area contributed by atoms with E-state index in [-0.39, 0.29) is 17.1 Å². The van der Waals surface area contributed by atoms with E-state index in [0.29, 0.717) is 32.7 Å². The molecule has 0 radical (unpaired) electrons. The van der Waals surface area contributed by atoms with Gasteiger partial charge >= 0.3 is 6.09 Å². The first kappa shape index (κ1) is 19.8. The lowest BCUT2D eigenvalue weighted by Crippen LogP contribution is -2.66. The van der Waals surface area contributed by atoms with Crippen LogP contribution in [-0.2, 0) is 4.74 Å². The Morgan fingerprint density at radius 1 is 1.31 bits per heavy atom. The number of hydrogen-bond acceptors (Lipinski definition) is 6. The van der Waals surface area contributed by atoms with Gasteiger partial charge in [-0.1, -0.05) is 13.3 Å². The van der Waals surface area contributed by atoms with Crippen molar-refractivity contribution in [2.75, 3.05) is 44.5 Å². The third-order valence-electron chi connectivity index (χ3n) is 6.18. The Morgan fingerprint density at radius 3 is 2.76 bits per heavy atom. The largest absolute Gasteiger partial charge is 0.449 e. The van der Waals surface area contributed by atoms with Gasteiger partial charge in [-0.25, -0.2) is 14.2 Å². The topological polar surface area (TPSA) is 65.5 Å². The summed E-state index contributed by atoms with van der Waals surface area (Å²) in [5.74, 6) is -0.510. The van der Waals surface area contributed by atoms with Crippen molar-refractivity contribution in [3.05, 3.63) is 29.1 Å². The molecule has 4 rings (SSSR count). The van der Waals surface area contributed by atoms with Crippen LogP contribution >= 0.6 is 0 Å². The Bertz CT molecular complexity index is 812. The molecule has 156 valence electrons. The number of rotatable bonds is 5. The Labute approximate surface area is 170 Å². The summed E-state index contributed by atoms with van der Waals surface area (Å²) in [7, 11) is 0. The normalized spacial score (nSPS) is 20.3. The van der Waals surface area contributed by atoms with Gasteiger partial charge in [-0.05, 0) is 25.3 Å². The third-order valence-corrected chi connectivity index (χ3v) is 6.18. The predicted octanol–water partition coefficient (Wildman–Crippen LogP) is 3.08. The molecule has 1 aromatic rings. The van der Waals surface area contributed by atoms with E-state index in [9.17, 15) is 14.0 Å². The van der Waals surface area contributed by atoms with Gasteiger partial charge in [0, 0.05) is 49.4 Å². The lowest BCUT2D eigenvalue weighted by atomic mass is 9.73. The summed E-state index contributed by atoms with van der Waals surface area (Å²) in [4.78, 5) is 29.3. The summed E-state index contributed by atoms with van der Waals surface area (Å²) in [6.07, 6.45) is 5.80. The van der Waals surface area contributed by atoms with Gasteiger partial charge in [-0.3, -0.25) is 14.8 Å². The lowest BCUT2D eigenvalue weighted by Gasteiger charge is -2.57. The molecule has 3 heterocycles. The van der Waals surface area contributed by atoms with Crippen LogP contribution in [0.3, 0.4) is 0 Å². The van der Waals surface area contributed by atoms with Gasteiger partial charge in [0.15, 0.2) is 6.29 Å². The number of benzene rings is 1. The predicted molar refractivity (Wildman–Crippen MR) is 108 cm³/mol. The standard InChI is InChI=1S/C21H27FN4O3/c1-2-3-8-29-20(28)24-6-4-21(5-7-24)13-25(14-21)26-15-23-11-16-9-17(12-27)18(22)10-19(16)26/h9-12H,2-8,13-15H2,1H3. The molecule has 0 atom stereocenters. The number of halogens is 1. The average Bonchev–Trinajstić information content (AvgIpc) is 2.71. The molecule has 0 unspecified atom stereocenters. The number of nitrogens with zero attached hydrogens (tertiary/aromatic N) is 4. The zero-order chi connectivity index (χ0) is 20.4. The summed E-state index contributed by atoms with van der Waals surface area (Å²) >= 11 is 0. The molecule has 2 saturated heterocycles. The Kier molecular flexibility index (Phi) is 5.54. The van der Waals surface area contributed by atoms with Crippen LogP contribution < -0.4 is 5.01 Å². The molecule has 8 heteroatoms. The molecule has 0 N–H and O–H groups in total. The number of fused-ring (bicyclic) bond motifs is 1. The molecule has 0 aliphatic carbocycles. The molecule has 1 spiro atoms. The zero-order valence-electron chi connectivity index (χ0n) is 16.8. The number of hydrazine groups is 1. The minimum absolute atomic E-state index is 0.0512. The molecular weight excluding hydrogens is 375 g/mol. The summed E-state index contributed by atoms with van der Waals surface area (Å²) in [6.45, 7) is 6.15. The zero-order valence-corrected chi connectivity index (χ0v) is 16.8. The maximum atomic E-state index is 14.1. The molecular formula is C21H27FN4O3. The van der Waals surface area contributed by atoms with Crippen LogP contribution in [0.15, 0.2) is 17.1 Å². The first-order valence-electron chi connectivity index (χ1n) is 10.3. The summed E-state index contributed by atoms with van der Waals surface area (Å²) in [5.41, 5.74) is 1.73. The number of unbranched alkanes of at least 4 members (excludes halogenated alkanes) is 1. The highest BCUT2D eigenvalue weighted by Gasteiger charge is 2.48. The minimum atomic E-state index is -0.510. The van der Waals surface area contributed by atoms with Gasteiger partial charge in [0.05, 0.1) is 17.9 Å². The number of piperidine rings is 1. The number of ether oxygens (including phenoxy) is 1. The van der Waals surface area contributed by atoms with Crippen molar-refractivity contribution in [3.8, 4) is 0 Å². The molecule has 0 bridgehead atoms. The number of anilines is 1. The molecule has 29 heavy (non-hydrogen) atoms. The Hall–Kier alpha value is -2.48. The Balaban J connectivity index is 1.34. The number of aldehydes is 1. The highest BCUT2D eigenvalue weighted by Crippen LogP contribution is 2.43. The number of aliphatic imine (C=N–C) groups is 1. The van der Waals surface area contributed by atoms with Crippen LogP contribution in [0.2, 0.25) is 0 Å². The van der Waals surface area contributed by atoms with E-state index in [1.165, 1.54) is 6.07 Å². The van der Waals surface area contributed by atoms with Crippen molar-refractivity contribution in [3.63, 3.8) is 0 Å². The van der Waals surface area contributed by atoms with Crippen molar-refractivity contribution in [2.24, 2.45) is 10.4 Å². The molecule has 1 aromatic carbocycles. The second kappa shape index (κ2) is 8.10. The third kappa shape index (κ3) is 3.85. The maximum Gasteiger partial charge on any atom is 0.409 e. The Morgan fingerprint density at radius 2 is 2.07 bits per heavy atom. The van der Waals surface area contributed by atoms with E-state index in [1.807, 2.05) is 5.01 Å². The fraction of sp³-hybridized carbons (Fsp3) is 0.571. The van der Waals surface area contributed by atoms with Crippen LogP contribution in [0.1, 0.15) is 48.5 Å². The monoisotopic (exact) mass is 402 g/mol. The fourth-order valence-corrected chi connectivity index (χ4v) is 4.32. The van der Waals surface area contributed by atoms with Crippen molar-refractivity contribution >= 4 is 24.3 Å². The van der Waals surface area contributed by atoms with Gasteiger partial charge in [0.2, 0.25) is 0 Å². The number of carbonyl (C=O) groups is 2. The van der Waals surface area contributed by atoms with Crippen LogP contribution in [0.4, 0.5) is 14.9 Å². The van der Waals surface area contributed by atoms with Crippen molar-refractivity contribution in [2.45, 2.75) is 32.6 Å². The quantitative estimate of drug-likeness (QED) is 0.559. The molecule has 1 amide bonds. The van der Waals surface area contributed by atoms with Crippen molar-refractivity contribution in [1.82, 2.24) is 9.91 Å². The van der Waals surface area contributed by atoms with Crippen molar-refractivity contribution < 1.29 is 18.7 Å². The number of likely N-dealkylation sites (tertiary alicyclic amines) is 1. The van der Waals surface area contributed by atoms with E-state index in [4.69, 9.17) is 4.74 Å². The van der Waals surface area contributed by atoms with Crippen LogP contribution in [-0.4, -0.2) is 68.0 Å². The fourth-order valence-electron chi connectivity index (χ4n) is 4.32. The van der Waals surface area contributed by atoms with Crippen molar-refractivity contribution in [1.29, 1.82) is 0 Å². The molecule has 0 aromatic heterocycles. The molecule has 7 nitrogen and oxygen atoms in total. The molecule has 2 fully saturated rings. The number of amides is 1. The number of carbonyl (C=O) groups excluding carboxylic acids is 2. The van der Waals surface area contributed by atoms with Gasteiger partial charge in [0.1, 0.15) is 12.5 Å².